The lowest BCUT2D eigenvalue weighted by Gasteiger charge is -2.33. The van der Waals surface area contributed by atoms with E-state index in [0.717, 1.165) is 44.7 Å². The molecule has 0 unspecified atom stereocenters. The Morgan fingerprint density at radius 2 is 2.00 bits per heavy atom. The maximum absolute atomic E-state index is 12.9. The molecule has 0 aliphatic carbocycles. The summed E-state index contributed by atoms with van der Waals surface area (Å²) < 4.78 is 1.79. The van der Waals surface area contributed by atoms with Crippen LogP contribution in [0.3, 0.4) is 0 Å². The number of hydrogen-bond acceptors (Lipinski definition) is 4. The molecule has 26 heavy (non-hydrogen) atoms. The van der Waals surface area contributed by atoms with Gasteiger partial charge in [-0.1, -0.05) is 0 Å². The van der Waals surface area contributed by atoms with Crippen LogP contribution >= 0.6 is 0 Å². The van der Waals surface area contributed by atoms with E-state index >= 15 is 0 Å². The minimum Gasteiger partial charge on any atom is -0.336 e. The molecule has 138 valence electrons. The number of fused-ring (bicyclic) bond motifs is 2. The van der Waals surface area contributed by atoms with Gasteiger partial charge in [0, 0.05) is 44.2 Å². The third-order valence-corrected chi connectivity index (χ3v) is 5.77. The second-order valence-electron chi connectivity index (χ2n) is 7.61. The molecular formula is C20H26N4O2. The van der Waals surface area contributed by atoms with Crippen LogP contribution in [0.5, 0.6) is 0 Å². The Bertz CT molecular complexity index is 905. The molecule has 1 atom stereocenters. The quantitative estimate of drug-likeness (QED) is 0.785. The van der Waals surface area contributed by atoms with Gasteiger partial charge in [0.25, 0.3) is 11.5 Å². The van der Waals surface area contributed by atoms with Gasteiger partial charge in [0.2, 0.25) is 0 Å². The zero-order chi connectivity index (χ0) is 18.3. The Labute approximate surface area is 153 Å². The molecule has 1 saturated heterocycles. The van der Waals surface area contributed by atoms with E-state index in [2.05, 4.69) is 18.9 Å². The molecule has 0 saturated carbocycles. The molecule has 1 fully saturated rings. The monoisotopic (exact) mass is 354 g/mol. The molecule has 0 radical (unpaired) electrons. The third kappa shape index (κ3) is 3.03. The summed E-state index contributed by atoms with van der Waals surface area (Å²) in [7, 11) is 2.06. The van der Waals surface area contributed by atoms with E-state index in [4.69, 9.17) is 4.98 Å². The molecule has 1 amide bonds. The number of carbonyl (C=O) groups excluding carboxylic acids is 1. The first kappa shape index (κ1) is 17.2. The molecule has 0 N–H and O–H groups in total. The highest BCUT2D eigenvalue weighted by molar-refractivity contribution is 5.97. The van der Waals surface area contributed by atoms with E-state index in [1.165, 1.54) is 6.42 Å². The molecule has 4 rings (SSSR count). The Kier molecular flexibility index (Phi) is 4.53. The molecule has 6 nitrogen and oxygen atoms in total. The highest BCUT2D eigenvalue weighted by Crippen LogP contribution is 2.21. The van der Waals surface area contributed by atoms with Crippen molar-refractivity contribution < 1.29 is 4.79 Å². The number of rotatable bonds is 1. The summed E-state index contributed by atoms with van der Waals surface area (Å²) in [4.78, 5) is 34.7. The molecule has 2 aliphatic heterocycles. The number of likely N-dealkylation sites (tertiary alicyclic amines) is 1. The number of nitrogens with zero attached hydrogens (tertiary/aromatic N) is 4. The molecule has 6 heteroatoms. The highest BCUT2D eigenvalue weighted by atomic mass is 16.2. The lowest BCUT2D eigenvalue weighted by molar-refractivity contribution is 0.0636. The Morgan fingerprint density at radius 3 is 2.81 bits per heavy atom. The number of aromatic nitrogens is 2. The molecular weight excluding hydrogens is 328 g/mol. The predicted molar refractivity (Wildman–Crippen MR) is 102 cm³/mol. The van der Waals surface area contributed by atoms with Crippen molar-refractivity contribution in [3.05, 3.63) is 39.9 Å². The summed E-state index contributed by atoms with van der Waals surface area (Å²) in [5.41, 5.74) is 1.28. The molecule has 0 spiro atoms. The van der Waals surface area contributed by atoms with Crippen LogP contribution in [0.15, 0.2) is 23.0 Å². The van der Waals surface area contributed by atoms with E-state index in [9.17, 15) is 9.59 Å². The number of piperidine rings is 1. The maximum Gasteiger partial charge on any atom is 0.261 e. The fraction of sp³-hybridized carbons (Fsp3) is 0.550. The minimum absolute atomic E-state index is 0.00522. The van der Waals surface area contributed by atoms with E-state index < -0.39 is 0 Å². The SMILES string of the molecule is C[C@H]1CCCCN1C(=O)c1ccc2c(=O)n3c(nc2c1)CCN(C)CC3. The number of hydrogen-bond donors (Lipinski definition) is 0. The van der Waals surface area contributed by atoms with Crippen molar-refractivity contribution in [2.24, 2.45) is 0 Å². The largest absolute Gasteiger partial charge is 0.336 e. The summed E-state index contributed by atoms with van der Waals surface area (Å²) in [5.74, 6) is 0.874. The summed E-state index contributed by atoms with van der Waals surface area (Å²) >= 11 is 0. The van der Waals surface area contributed by atoms with Gasteiger partial charge in [-0.05, 0) is 51.4 Å². The van der Waals surface area contributed by atoms with Crippen LogP contribution in [0.2, 0.25) is 0 Å². The zero-order valence-electron chi connectivity index (χ0n) is 15.6. The molecule has 1 aromatic heterocycles. The maximum atomic E-state index is 12.9. The van der Waals surface area contributed by atoms with Crippen molar-refractivity contribution in [3.8, 4) is 0 Å². The van der Waals surface area contributed by atoms with Crippen molar-refractivity contribution in [2.75, 3.05) is 26.7 Å². The fourth-order valence-corrected chi connectivity index (χ4v) is 4.06. The Morgan fingerprint density at radius 1 is 1.15 bits per heavy atom. The van der Waals surface area contributed by atoms with Gasteiger partial charge in [-0.25, -0.2) is 4.98 Å². The van der Waals surface area contributed by atoms with E-state index in [1.807, 2.05) is 4.90 Å². The lowest BCUT2D eigenvalue weighted by Crippen LogP contribution is -2.42. The zero-order valence-corrected chi connectivity index (χ0v) is 15.6. The minimum atomic E-state index is 0.00522. The lowest BCUT2D eigenvalue weighted by atomic mass is 10.0. The van der Waals surface area contributed by atoms with Crippen molar-refractivity contribution in [1.29, 1.82) is 0 Å². The summed E-state index contributed by atoms with van der Waals surface area (Å²) in [6, 6.07) is 5.63. The molecule has 0 bridgehead atoms. The summed E-state index contributed by atoms with van der Waals surface area (Å²) in [5, 5.41) is 0.599. The second kappa shape index (κ2) is 6.83. The highest BCUT2D eigenvalue weighted by Gasteiger charge is 2.25. The molecule has 2 aromatic rings. The predicted octanol–water partition coefficient (Wildman–Crippen LogP) is 1.90. The van der Waals surface area contributed by atoms with Crippen LogP contribution in [0.1, 0.15) is 42.4 Å². The molecule has 1 aromatic carbocycles. The van der Waals surface area contributed by atoms with E-state index in [1.54, 1.807) is 22.8 Å². The fourth-order valence-electron chi connectivity index (χ4n) is 4.06. The first-order valence-electron chi connectivity index (χ1n) is 9.57. The average Bonchev–Trinajstić information content (AvgIpc) is 2.83. The average molecular weight is 354 g/mol. The topological polar surface area (TPSA) is 58.4 Å². The molecule has 3 heterocycles. The third-order valence-electron chi connectivity index (χ3n) is 5.77. The summed E-state index contributed by atoms with van der Waals surface area (Å²) in [6.45, 7) is 5.33. The van der Waals surface area contributed by atoms with Crippen molar-refractivity contribution in [3.63, 3.8) is 0 Å². The first-order chi connectivity index (χ1) is 12.5. The van der Waals surface area contributed by atoms with Gasteiger partial charge in [0.1, 0.15) is 5.82 Å². The van der Waals surface area contributed by atoms with Gasteiger partial charge < -0.3 is 9.80 Å². The van der Waals surface area contributed by atoms with Gasteiger partial charge in [0.05, 0.1) is 10.9 Å². The van der Waals surface area contributed by atoms with E-state index in [-0.39, 0.29) is 17.5 Å². The Hall–Kier alpha value is -2.21. The van der Waals surface area contributed by atoms with Gasteiger partial charge in [-0.15, -0.1) is 0 Å². The smallest absolute Gasteiger partial charge is 0.261 e. The normalized spacial score (nSPS) is 21.5. The van der Waals surface area contributed by atoms with Gasteiger partial charge >= 0.3 is 0 Å². The second-order valence-corrected chi connectivity index (χ2v) is 7.61. The number of benzene rings is 1. The standard InChI is InChI=1S/C20H26N4O2/c1-14-5-3-4-9-23(14)19(25)15-6-7-16-17(13-15)21-18-8-10-22(2)11-12-24(18)20(16)26/h6-7,13-14H,3-5,8-12H2,1-2H3/t14-/m0/s1. The van der Waals surface area contributed by atoms with Crippen molar-refractivity contribution in [2.45, 2.75) is 45.2 Å². The van der Waals surface area contributed by atoms with Gasteiger partial charge in [0.15, 0.2) is 0 Å². The van der Waals surface area contributed by atoms with Crippen LogP contribution in [0.4, 0.5) is 0 Å². The van der Waals surface area contributed by atoms with Crippen LogP contribution < -0.4 is 5.56 Å². The van der Waals surface area contributed by atoms with Gasteiger partial charge in [-0.3, -0.25) is 14.2 Å². The van der Waals surface area contributed by atoms with Gasteiger partial charge in [-0.2, -0.15) is 0 Å². The van der Waals surface area contributed by atoms with Crippen LogP contribution in [-0.2, 0) is 13.0 Å². The number of carbonyl (C=O) groups is 1. The van der Waals surface area contributed by atoms with Crippen molar-refractivity contribution in [1.82, 2.24) is 19.4 Å². The van der Waals surface area contributed by atoms with Crippen LogP contribution in [0, 0.1) is 0 Å². The Balaban J connectivity index is 1.73. The number of amides is 1. The molecule has 2 aliphatic rings. The van der Waals surface area contributed by atoms with Crippen molar-refractivity contribution >= 4 is 16.8 Å². The summed E-state index contributed by atoms with van der Waals surface area (Å²) in [6.07, 6.45) is 4.05. The van der Waals surface area contributed by atoms with E-state index in [0.29, 0.717) is 23.0 Å². The van der Waals surface area contributed by atoms with Crippen LogP contribution in [-0.4, -0.2) is 58.0 Å². The van der Waals surface area contributed by atoms with Crippen LogP contribution in [0.25, 0.3) is 10.9 Å². The first-order valence-corrected chi connectivity index (χ1v) is 9.57. The number of likely N-dealkylation sites (N-methyl/N-ethyl adjacent to an activating group) is 1.